The van der Waals surface area contributed by atoms with Gasteiger partial charge in [0.1, 0.15) is 17.3 Å². The molecule has 25 heavy (non-hydrogen) atoms. The van der Waals surface area contributed by atoms with Crippen LogP contribution in [0, 0.1) is 12.7 Å². The zero-order valence-electron chi connectivity index (χ0n) is 13.8. The van der Waals surface area contributed by atoms with Gasteiger partial charge in [-0.2, -0.15) is 5.10 Å². The number of rotatable bonds is 3. The molecular formula is C19H18FN3O2. The Balaban J connectivity index is 1.50. The maximum absolute atomic E-state index is 13.4. The highest BCUT2D eigenvalue weighted by molar-refractivity contribution is 5.93. The van der Waals surface area contributed by atoms with Gasteiger partial charge < -0.3 is 9.32 Å². The topological polar surface area (TPSA) is 62.1 Å². The molecule has 1 aromatic carbocycles. The van der Waals surface area contributed by atoms with Crippen molar-refractivity contribution in [3.05, 3.63) is 65.5 Å². The Labute approximate surface area is 144 Å². The lowest BCUT2D eigenvalue weighted by atomic mass is 10.1. The highest BCUT2D eigenvalue weighted by Gasteiger charge is 2.30. The monoisotopic (exact) mass is 339 g/mol. The summed E-state index contributed by atoms with van der Waals surface area (Å²) in [4.78, 5) is 14.5. The van der Waals surface area contributed by atoms with Crippen molar-refractivity contribution >= 4 is 5.91 Å². The molecule has 1 atom stereocenters. The highest BCUT2D eigenvalue weighted by Crippen LogP contribution is 2.29. The van der Waals surface area contributed by atoms with Crippen molar-refractivity contribution in [2.24, 2.45) is 0 Å². The maximum atomic E-state index is 13.4. The van der Waals surface area contributed by atoms with Crippen molar-refractivity contribution in [3.63, 3.8) is 0 Å². The smallest absolute Gasteiger partial charge is 0.271 e. The van der Waals surface area contributed by atoms with E-state index in [0.717, 1.165) is 17.7 Å². The number of hydrogen-bond acceptors (Lipinski definition) is 3. The molecule has 1 saturated heterocycles. The zero-order chi connectivity index (χ0) is 17.4. The molecule has 1 unspecified atom stereocenters. The van der Waals surface area contributed by atoms with Crippen LogP contribution in [0.4, 0.5) is 4.39 Å². The Bertz CT molecular complexity index is 901. The van der Waals surface area contributed by atoms with E-state index in [1.54, 1.807) is 36.3 Å². The van der Waals surface area contributed by atoms with Crippen LogP contribution in [-0.4, -0.2) is 34.1 Å². The van der Waals surface area contributed by atoms with Crippen molar-refractivity contribution in [3.8, 4) is 11.3 Å². The number of likely N-dealkylation sites (tertiary alicyclic amines) is 1. The summed E-state index contributed by atoms with van der Waals surface area (Å²) < 4.78 is 18.9. The minimum absolute atomic E-state index is 0.0772. The molecule has 0 saturated carbocycles. The molecule has 1 N–H and O–H groups in total. The molecular weight excluding hydrogens is 321 g/mol. The van der Waals surface area contributed by atoms with Gasteiger partial charge in [0.2, 0.25) is 0 Å². The quantitative estimate of drug-likeness (QED) is 0.790. The van der Waals surface area contributed by atoms with Crippen molar-refractivity contribution in [2.45, 2.75) is 19.3 Å². The van der Waals surface area contributed by atoms with Gasteiger partial charge >= 0.3 is 0 Å². The van der Waals surface area contributed by atoms with Crippen molar-refractivity contribution in [1.82, 2.24) is 15.1 Å². The van der Waals surface area contributed by atoms with Crippen molar-refractivity contribution < 1.29 is 13.6 Å². The number of carbonyl (C=O) groups excluding carboxylic acids is 1. The zero-order valence-corrected chi connectivity index (χ0v) is 13.8. The standard InChI is InChI=1S/C19H18FN3O2/c1-12-9-13(4-5-15(12)20)16-10-17(22-21-16)19(24)23-7-6-14(11-23)18-3-2-8-25-18/h2-5,8-10,14H,6-7,11H2,1H3,(H,21,22). The Morgan fingerprint density at radius 2 is 2.24 bits per heavy atom. The number of H-pyrrole nitrogens is 1. The van der Waals surface area contributed by atoms with E-state index in [9.17, 15) is 9.18 Å². The van der Waals surface area contributed by atoms with E-state index in [0.29, 0.717) is 30.0 Å². The number of amides is 1. The minimum atomic E-state index is -0.253. The molecule has 3 heterocycles. The number of aromatic amines is 1. The fraction of sp³-hybridized carbons (Fsp3) is 0.263. The largest absolute Gasteiger partial charge is 0.469 e. The van der Waals surface area contributed by atoms with Crippen LogP contribution in [0.15, 0.2) is 47.1 Å². The average Bonchev–Trinajstić information content (AvgIpc) is 3.37. The summed E-state index contributed by atoms with van der Waals surface area (Å²) in [6.07, 6.45) is 2.54. The normalized spacial score (nSPS) is 17.2. The summed E-state index contributed by atoms with van der Waals surface area (Å²) in [6.45, 7) is 3.03. The minimum Gasteiger partial charge on any atom is -0.469 e. The van der Waals surface area contributed by atoms with Gasteiger partial charge in [-0.3, -0.25) is 9.89 Å². The van der Waals surface area contributed by atoms with E-state index in [4.69, 9.17) is 4.42 Å². The van der Waals surface area contributed by atoms with Crippen LogP contribution in [0.5, 0.6) is 0 Å². The van der Waals surface area contributed by atoms with Gasteiger partial charge in [-0.05, 0) is 55.3 Å². The molecule has 0 aliphatic carbocycles. The molecule has 0 bridgehead atoms. The molecule has 1 amide bonds. The van der Waals surface area contributed by atoms with Crippen LogP contribution < -0.4 is 0 Å². The van der Waals surface area contributed by atoms with Crippen molar-refractivity contribution in [2.75, 3.05) is 13.1 Å². The van der Waals surface area contributed by atoms with Crippen LogP contribution in [0.1, 0.15) is 34.2 Å². The first kappa shape index (κ1) is 15.6. The summed E-state index contributed by atoms with van der Waals surface area (Å²) in [6, 6.07) is 10.3. The predicted molar refractivity (Wildman–Crippen MR) is 90.7 cm³/mol. The van der Waals surface area contributed by atoms with Gasteiger partial charge in [-0.25, -0.2) is 4.39 Å². The number of benzene rings is 1. The van der Waals surface area contributed by atoms with Crippen molar-refractivity contribution in [1.29, 1.82) is 0 Å². The molecule has 1 fully saturated rings. The van der Waals surface area contributed by atoms with E-state index in [-0.39, 0.29) is 17.6 Å². The number of aromatic nitrogens is 2. The van der Waals surface area contributed by atoms with Crippen LogP contribution >= 0.6 is 0 Å². The first-order valence-corrected chi connectivity index (χ1v) is 8.26. The van der Waals surface area contributed by atoms with Gasteiger partial charge in [0.15, 0.2) is 0 Å². The Kier molecular flexibility index (Phi) is 3.87. The van der Waals surface area contributed by atoms with Crippen LogP contribution in [0.2, 0.25) is 0 Å². The molecule has 1 aliphatic rings. The summed E-state index contributed by atoms with van der Waals surface area (Å²) in [5.74, 6) is 0.826. The molecule has 2 aromatic heterocycles. The molecule has 5 nitrogen and oxygen atoms in total. The Hall–Kier alpha value is -2.89. The second kappa shape index (κ2) is 6.20. The number of furan rings is 1. The molecule has 0 radical (unpaired) electrons. The summed E-state index contributed by atoms with van der Waals surface area (Å²) >= 11 is 0. The van der Waals surface area contributed by atoms with Gasteiger partial charge in [0.05, 0.1) is 12.0 Å². The molecule has 1 aliphatic heterocycles. The molecule has 0 spiro atoms. The third-order valence-corrected chi connectivity index (χ3v) is 4.68. The lowest BCUT2D eigenvalue weighted by Gasteiger charge is -2.14. The number of aryl methyl sites for hydroxylation is 1. The van der Waals surface area contributed by atoms with E-state index in [2.05, 4.69) is 10.2 Å². The van der Waals surface area contributed by atoms with E-state index in [1.807, 2.05) is 12.1 Å². The number of carbonyl (C=O) groups is 1. The lowest BCUT2D eigenvalue weighted by molar-refractivity contribution is 0.0784. The van der Waals surface area contributed by atoms with E-state index >= 15 is 0 Å². The number of hydrogen-bond donors (Lipinski definition) is 1. The molecule has 4 rings (SSSR count). The van der Waals surface area contributed by atoms with E-state index < -0.39 is 0 Å². The van der Waals surface area contributed by atoms with E-state index in [1.165, 1.54) is 6.07 Å². The molecule has 128 valence electrons. The summed E-state index contributed by atoms with van der Waals surface area (Å²) in [7, 11) is 0. The Morgan fingerprint density at radius 1 is 1.36 bits per heavy atom. The molecule has 3 aromatic rings. The SMILES string of the molecule is Cc1cc(-c2cc(C(=O)N3CCC(c4ccco4)C3)[nH]n2)ccc1F. The van der Waals surface area contributed by atoms with Gasteiger partial charge in [0, 0.05) is 24.6 Å². The fourth-order valence-electron chi connectivity index (χ4n) is 3.25. The van der Waals surface area contributed by atoms with Crippen LogP contribution in [0.3, 0.4) is 0 Å². The van der Waals surface area contributed by atoms with Gasteiger partial charge in [-0.15, -0.1) is 0 Å². The number of nitrogens with zero attached hydrogens (tertiary/aromatic N) is 2. The maximum Gasteiger partial charge on any atom is 0.271 e. The average molecular weight is 339 g/mol. The first-order chi connectivity index (χ1) is 12.1. The highest BCUT2D eigenvalue weighted by atomic mass is 19.1. The number of halogens is 1. The summed E-state index contributed by atoms with van der Waals surface area (Å²) in [5, 5.41) is 7.01. The number of nitrogens with one attached hydrogen (secondary N) is 1. The Morgan fingerprint density at radius 3 is 3.00 bits per heavy atom. The second-order valence-electron chi connectivity index (χ2n) is 6.38. The van der Waals surface area contributed by atoms with Crippen LogP contribution in [-0.2, 0) is 0 Å². The van der Waals surface area contributed by atoms with Gasteiger partial charge in [-0.1, -0.05) is 0 Å². The first-order valence-electron chi connectivity index (χ1n) is 8.26. The lowest BCUT2D eigenvalue weighted by Crippen LogP contribution is -2.28. The fourth-order valence-corrected chi connectivity index (χ4v) is 3.25. The van der Waals surface area contributed by atoms with Gasteiger partial charge in [0.25, 0.3) is 5.91 Å². The van der Waals surface area contributed by atoms with Crippen LogP contribution in [0.25, 0.3) is 11.3 Å². The third-order valence-electron chi connectivity index (χ3n) is 4.68. The third kappa shape index (κ3) is 2.95. The molecule has 6 heteroatoms. The second-order valence-corrected chi connectivity index (χ2v) is 6.38. The summed E-state index contributed by atoms with van der Waals surface area (Å²) in [5.41, 5.74) is 2.41. The predicted octanol–water partition coefficient (Wildman–Crippen LogP) is 3.75.